The van der Waals surface area contributed by atoms with Crippen molar-refractivity contribution in [1.82, 2.24) is 0 Å². The third-order valence-electron chi connectivity index (χ3n) is 5.54. The molecule has 2 rings (SSSR count). The highest BCUT2D eigenvalue weighted by Gasteiger charge is 2.50. The number of benzene rings is 1. The first kappa shape index (κ1) is 18.4. The smallest absolute Gasteiger partial charge is 0.178 e. The van der Waals surface area contributed by atoms with E-state index in [0.29, 0.717) is 0 Å². The maximum atomic E-state index is 12.7. The third-order valence-corrected chi connectivity index (χ3v) is 8.50. The molecule has 23 heavy (non-hydrogen) atoms. The van der Waals surface area contributed by atoms with Crippen molar-refractivity contribution >= 4 is 19.7 Å². The lowest BCUT2D eigenvalue weighted by atomic mass is 9.72. The van der Waals surface area contributed by atoms with Crippen molar-refractivity contribution in [3.63, 3.8) is 0 Å². The maximum absolute atomic E-state index is 12.7. The fourth-order valence-electron chi connectivity index (χ4n) is 3.17. The molecule has 2 N–H and O–H groups in total. The van der Waals surface area contributed by atoms with Gasteiger partial charge < -0.3 is 5.73 Å². The first-order chi connectivity index (χ1) is 10.3. The van der Waals surface area contributed by atoms with Crippen molar-refractivity contribution in [2.75, 3.05) is 12.0 Å². The lowest BCUT2D eigenvalue weighted by Crippen LogP contribution is -2.49. The molecule has 5 nitrogen and oxygen atoms in total. The summed E-state index contributed by atoms with van der Waals surface area (Å²) in [5, 5.41) is 0. The minimum Gasteiger partial charge on any atom is -0.325 e. The standard InChI is InChI=1S/C16H25NO4S2/c1-15(2)12(9-10-16(15,3)17)11-23(20,21)14-7-5-13(6-8-14)22(4,18)19/h5-8,12H,9-11,17H2,1-4H3/t12-,16-/m1/s1. The van der Waals surface area contributed by atoms with Crippen LogP contribution < -0.4 is 5.73 Å². The monoisotopic (exact) mass is 359 g/mol. The summed E-state index contributed by atoms with van der Waals surface area (Å²) in [4.78, 5) is 0.276. The Balaban J connectivity index is 2.27. The van der Waals surface area contributed by atoms with Gasteiger partial charge >= 0.3 is 0 Å². The summed E-state index contributed by atoms with van der Waals surface area (Å²) in [6.45, 7) is 6.01. The third kappa shape index (κ3) is 3.46. The van der Waals surface area contributed by atoms with Gasteiger partial charge in [0.2, 0.25) is 0 Å². The van der Waals surface area contributed by atoms with E-state index in [2.05, 4.69) is 0 Å². The Bertz CT molecular complexity index is 791. The molecule has 0 aliphatic heterocycles. The molecule has 0 spiro atoms. The van der Waals surface area contributed by atoms with E-state index in [1.807, 2.05) is 20.8 Å². The second-order valence-corrected chi connectivity index (χ2v) is 11.4. The van der Waals surface area contributed by atoms with E-state index < -0.39 is 19.7 Å². The van der Waals surface area contributed by atoms with Crippen LogP contribution in [0.25, 0.3) is 0 Å². The quantitative estimate of drug-likeness (QED) is 0.887. The normalized spacial score (nSPS) is 28.0. The second-order valence-electron chi connectivity index (χ2n) is 7.40. The van der Waals surface area contributed by atoms with Gasteiger partial charge in [0.1, 0.15) is 0 Å². The fraction of sp³-hybridized carbons (Fsp3) is 0.625. The van der Waals surface area contributed by atoms with E-state index in [1.165, 1.54) is 24.3 Å². The minimum atomic E-state index is -3.48. The molecular formula is C16H25NO4S2. The predicted molar refractivity (Wildman–Crippen MR) is 90.7 cm³/mol. The summed E-state index contributed by atoms with van der Waals surface area (Å²) in [5.41, 5.74) is 5.66. The lowest BCUT2D eigenvalue weighted by molar-refractivity contribution is 0.177. The molecule has 1 saturated carbocycles. The van der Waals surface area contributed by atoms with E-state index >= 15 is 0 Å². The topological polar surface area (TPSA) is 94.3 Å². The largest absolute Gasteiger partial charge is 0.325 e. The highest BCUT2D eigenvalue weighted by Crippen LogP contribution is 2.49. The average molecular weight is 360 g/mol. The average Bonchev–Trinajstić information content (AvgIpc) is 2.60. The first-order valence-corrected chi connectivity index (χ1v) is 11.1. The Morgan fingerprint density at radius 3 is 1.91 bits per heavy atom. The van der Waals surface area contributed by atoms with Crippen LogP contribution in [0.1, 0.15) is 33.6 Å². The second kappa shape index (κ2) is 5.57. The molecule has 130 valence electrons. The number of nitrogens with two attached hydrogens (primary N) is 1. The molecule has 0 amide bonds. The van der Waals surface area contributed by atoms with Gasteiger partial charge in [-0.1, -0.05) is 13.8 Å². The van der Waals surface area contributed by atoms with Crippen LogP contribution in [0.15, 0.2) is 34.1 Å². The van der Waals surface area contributed by atoms with Gasteiger partial charge in [-0.25, -0.2) is 16.8 Å². The van der Waals surface area contributed by atoms with Gasteiger partial charge in [0.05, 0.1) is 15.5 Å². The van der Waals surface area contributed by atoms with Crippen molar-refractivity contribution in [1.29, 1.82) is 0 Å². The molecule has 1 fully saturated rings. The van der Waals surface area contributed by atoms with Crippen molar-refractivity contribution in [3.8, 4) is 0 Å². The summed E-state index contributed by atoms with van der Waals surface area (Å²) < 4.78 is 48.2. The molecule has 2 atom stereocenters. The van der Waals surface area contributed by atoms with Crippen molar-refractivity contribution in [2.45, 2.75) is 48.9 Å². The molecule has 0 aromatic heterocycles. The number of hydrogen-bond acceptors (Lipinski definition) is 5. The zero-order valence-corrected chi connectivity index (χ0v) is 15.7. The Hall–Kier alpha value is -0.920. The molecule has 1 aliphatic carbocycles. The molecule has 0 heterocycles. The van der Waals surface area contributed by atoms with Gasteiger partial charge in [0, 0.05) is 11.8 Å². The van der Waals surface area contributed by atoms with Gasteiger partial charge in [-0.05, 0) is 55.4 Å². The highest BCUT2D eigenvalue weighted by atomic mass is 32.2. The van der Waals surface area contributed by atoms with Crippen molar-refractivity contribution in [2.24, 2.45) is 17.1 Å². The Labute approximate surface area is 139 Å². The molecule has 1 aliphatic rings. The summed E-state index contributed by atoms with van der Waals surface area (Å²) in [6.07, 6.45) is 2.67. The van der Waals surface area contributed by atoms with Crippen LogP contribution in [0.3, 0.4) is 0 Å². The number of hydrogen-bond donors (Lipinski definition) is 1. The molecule has 0 saturated heterocycles. The minimum absolute atomic E-state index is 0.0166. The van der Waals surface area contributed by atoms with Crippen molar-refractivity contribution in [3.05, 3.63) is 24.3 Å². The molecule has 7 heteroatoms. The van der Waals surface area contributed by atoms with E-state index in [1.54, 1.807) is 0 Å². The lowest BCUT2D eigenvalue weighted by Gasteiger charge is -2.38. The molecular weight excluding hydrogens is 334 g/mol. The van der Waals surface area contributed by atoms with Crippen LogP contribution >= 0.6 is 0 Å². The number of rotatable bonds is 4. The van der Waals surface area contributed by atoms with E-state index in [9.17, 15) is 16.8 Å². The first-order valence-electron chi connectivity index (χ1n) is 7.59. The van der Waals surface area contributed by atoms with Crippen LogP contribution in [0, 0.1) is 11.3 Å². The summed E-state index contributed by atoms with van der Waals surface area (Å²) in [5.74, 6) is 0.0162. The van der Waals surface area contributed by atoms with E-state index in [0.717, 1.165) is 19.1 Å². The zero-order valence-electron chi connectivity index (χ0n) is 14.0. The molecule has 1 aromatic carbocycles. The Morgan fingerprint density at radius 1 is 1.04 bits per heavy atom. The molecule has 0 bridgehead atoms. The van der Waals surface area contributed by atoms with Crippen LogP contribution in [0.5, 0.6) is 0 Å². The van der Waals surface area contributed by atoms with Crippen LogP contribution in [-0.4, -0.2) is 34.4 Å². The maximum Gasteiger partial charge on any atom is 0.178 e. The highest BCUT2D eigenvalue weighted by molar-refractivity contribution is 7.91. The van der Waals surface area contributed by atoms with Crippen LogP contribution in [0.4, 0.5) is 0 Å². The Morgan fingerprint density at radius 2 is 1.52 bits per heavy atom. The molecule has 0 unspecified atom stereocenters. The van der Waals surface area contributed by atoms with E-state index in [-0.39, 0.29) is 32.4 Å². The van der Waals surface area contributed by atoms with Crippen LogP contribution in [0.2, 0.25) is 0 Å². The van der Waals surface area contributed by atoms with Gasteiger partial charge in [-0.15, -0.1) is 0 Å². The Kier molecular flexibility index (Phi) is 4.46. The zero-order chi connectivity index (χ0) is 17.7. The molecule has 0 radical (unpaired) electrons. The summed E-state index contributed by atoms with van der Waals surface area (Å²) >= 11 is 0. The van der Waals surface area contributed by atoms with Crippen molar-refractivity contribution < 1.29 is 16.8 Å². The van der Waals surface area contributed by atoms with Crippen LogP contribution in [-0.2, 0) is 19.7 Å². The summed E-state index contributed by atoms with van der Waals surface area (Å²) in [7, 11) is -6.81. The molecule has 1 aromatic rings. The van der Waals surface area contributed by atoms with E-state index in [4.69, 9.17) is 5.73 Å². The van der Waals surface area contributed by atoms with Gasteiger partial charge in [0.15, 0.2) is 19.7 Å². The summed E-state index contributed by atoms with van der Waals surface area (Å²) in [6, 6.07) is 5.43. The number of sulfone groups is 2. The van der Waals surface area contributed by atoms with Gasteiger partial charge in [0.25, 0.3) is 0 Å². The predicted octanol–water partition coefficient (Wildman–Crippen LogP) is 2.02. The van der Waals surface area contributed by atoms with Gasteiger partial charge in [-0.2, -0.15) is 0 Å². The van der Waals surface area contributed by atoms with Gasteiger partial charge in [-0.3, -0.25) is 0 Å². The fourth-order valence-corrected chi connectivity index (χ4v) is 5.66. The SMILES string of the molecule is CC1(C)[C@@H](CS(=O)(=O)c2ccc(S(C)(=O)=O)cc2)CC[C@@]1(C)N.